The number of nitrogens with zero attached hydrogens (tertiary/aromatic N) is 1. The molecule has 0 aromatic rings. The lowest BCUT2D eigenvalue weighted by Crippen LogP contribution is -2.57. The number of carbonyl (C=O) groups is 2. The summed E-state index contributed by atoms with van der Waals surface area (Å²) in [5.74, 6) is 0.201. The number of hydrogen-bond donors (Lipinski definition) is 2. The van der Waals surface area contributed by atoms with Crippen molar-refractivity contribution in [3.05, 3.63) is 0 Å². The summed E-state index contributed by atoms with van der Waals surface area (Å²) in [6, 6.07) is 0.574. The van der Waals surface area contributed by atoms with Crippen LogP contribution >= 0.6 is 0 Å². The van der Waals surface area contributed by atoms with Crippen molar-refractivity contribution in [1.29, 1.82) is 0 Å². The number of amides is 1. The van der Waals surface area contributed by atoms with Gasteiger partial charge in [-0.3, -0.25) is 14.5 Å². The minimum absolute atomic E-state index is 0.125. The van der Waals surface area contributed by atoms with Crippen molar-refractivity contribution >= 4 is 11.9 Å². The molecule has 0 aromatic carbocycles. The monoisotopic (exact) mass is 322 g/mol. The Labute approximate surface area is 138 Å². The van der Waals surface area contributed by atoms with Crippen molar-refractivity contribution in [2.45, 2.75) is 76.8 Å². The molecule has 0 unspecified atom stereocenters. The molecule has 0 aromatic heterocycles. The standard InChI is InChI=1S/C18H30N2O3/c1-2-18(7-3-4-8-18)17(23)19-14-9-15(10-14)20(12-16(21)22)11-13-5-6-13/h13-15H,2-12H2,1H3,(H,19,23)(H,21,22). The molecule has 5 heteroatoms. The highest BCUT2D eigenvalue weighted by Crippen LogP contribution is 2.42. The molecular weight excluding hydrogens is 292 g/mol. The first-order valence-corrected chi connectivity index (χ1v) is 9.29. The molecule has 3 fully saturated rings. The molecule has 2 N–H and O–H groups in total. The number of nitrogens with one attached hydrogen (secondary N) is 1. The third-order valence-electron chi connectivity index (χ3n) is 6.21. The quantitative estimate of drug-likeness (QED) is 0.720. The van der Waals surface area contributed by atoms with Gasteiger partial charge in [0.15, 0.2) is 0 Å². The van der Waals surface area contributed by atoms with E-state index < -0.39 is 5.97 Å². The van der Waals surface area contributed by atoms with Gasteiger partial charge in [0.2, 0.25) is 5.91 Å². The highest BCUT2D eigenvalue weighted by atomic mass is 16.4. The zero-order valence-corrected chi connectivity index (χ0v) is 14.2. The molecule has 0 atom stereocenters. The fraction of sp³-hybridized carbons (Fsp3) is 0.889. The van der Waals surface area contributed by atoms with Gasteiger partial charge in [-0.2, -0.15) is 0 Å². The summed E-state index contributed by atoms with van der Waals surface area (Å²) in [5, 5.41) is 12.3. The molecule has 0 bridgehead atoms. The third kappa shape index (κ3) is 3.87. The van der Waals surface area contributed by atoms with E-state index in [1.807, 2.05) is 0 Å². The van der Waals surface area contributed by atoms with Crippen LogP contribution in [0.4, 0.5) is 0 Å². The number of rotatable bonds is 8. The predicted molar refractivity (Wildman–Crippen MR) is 88.1 cm³/mol. The Balaban J connectivity index is 1.47. The van der Waals surface area contributed by atoms with Gasteiger partial charge in [0.05, 0.1) is 6.54 Å². The summed E-state index contributed by atoms with van der Waals surface area (Å²) in [6.45, 7) is 3.18. The molecule has 3 aliphatic rings. The maximum absolute atomic E-state index is 12.6. The molecule has 130 valence electrons. The van der Waals surface area contributed by atoms with E-state index >= 15 is 0 Å². The fourth-order valence-electron chi connectivity index (χ4n) is 4.28. The van der Waals surface area contributed by atoms with Gasteiger partial charge in [0.25, 0.3) is 0 Å². The third-order valence-corrected chi connectivity index (χ3v) is 6.21. The van der Waals surface area contributed by atoms with Crippen molar-refractivity contribution in [2.75, 3.05) is 13.1 Å². The summed E-state index contributed by atoms with van der Waals surface area (Å²) in [4.78, 5) is 25.8. The molecule has 3 saturated carbocycles. The minimum atomic E-state index is -0.742. The van der Waals surface area contributed by atoms with Crippen molar-refractivity contribution in [1.82, 2.24) is 10.2 Å². The molecule has 0 aliphatic heterocycles. The number of carbonyl (C=O) groups excluding carboxylic acids is 1. The first kappa shape index (κ1) is 16.7. The van der Waals surface area contributed by atoms with Gasteiger partial charge in [0, 0.05) is 24.0 Å². The van der Waals surface area contributed by atoms with E-state index in [0.29, 0.717) is 12.0 Å². The van der Waals surface area contributed by atoms with Gasteiger partial charge in [-0.15, -0.1) is 0 Å². The van der Waals surface area contributed by atoms with Crippen LogP contribution in [-0.4, -0.2) is 47.1 Å². The molecule has 0 heterocycles. The zero-order chi connectivity index (χ0) is 16.4. The molecule has 0 radical (unpaired) electrons. The van der Waals surface area contributed by atoms with Crippen LogP contribution in [0.25, 0.3) is 0 Å². The lowest BCUT2D eigenvalue weighted by molar-refractivity contribution is -0.140. The summed E-state index contributed by atoms with van der Waals surface area (Å²) in [5.41, 5.74) is -0.125. The molecule has 0 saturated heterocycles. The van der Waals surface area contributed by atoms with Gasteiger partial charge in [-0.1, -0.05) is 19.8 Å². The molecule has 0 spiro atoms. The summed E-state index contributed by atoms with van der Waals surface area (Å²) >= 11 is 0. The second kappa shape index (κ2) is 6.80. The van der Waals surface area contributed by atoms with Crippen LogP contribution in [0.1, 0.15) is 64.7 Å². The highest BCUT2D eigenvalue weighted by molar-refractivity contribution is 5.83. The second-order valence-electron chi connectivity index (χ2n) is 7.90. The Morgan fingerprint density at radius 1 is 1.22 bits per heavy atom. The second-order valence-corrected chi connectivity index (χ2v) is 7.90. The molecule has 1 amide bonds. The molecule has 3 rings (SSSR count). The van der Waals surface area contributed by atoms with E-state index in [4.69, 9.17) is 5.11 Å². The fourth-order valence-corrected chi connectivity index (χ4v) is 4.28. The Kier molecular flexibility index (Phi) is 4.95. The smallest absolute Gasteiger partial charge is 0.317 e. The normalized spacial score (nSPS) is 29.3. The maximum atomic E-state index is 12.6. The van der Waals surface area contributed by atoms with Crippen molar-refractivity contribution in [3.8, 4) is 0 Å². The lowest BCUT2D eigenvalue weighted by Gasteiger charge is -2.44. The van der Waals surface area contributed by atoms with Crippen LogP contribution in [0.5, 0.6) is 0 Å². The molecular formula is C18H30N2O3. The van der Waals surface area contributed by atoms with E-state index in [0.717, 1.165) is 38.6 Å². The summed E-state index contributed by atoms with van der Waals surface area (Å²) in [7, 11) is 0. The summed E-state index contributed by atoms with van der Waals surface area (Å²) in [6.07, 6.45) is 9.62. The largest absolute Gasteiger partial charge is 0.480 e. The van der Waals surface area contributed by atoms with Crippen LogP contribution in [0.15, 0.2) is 0 Å². The van der Waals surface area contributed by atoms with E-state index in [1.54, 1.807) is 0 Å². The van der Waals surface area contributed by atoms with Gasteiger partial charge in [-0.05, 0) is 50.9 Å². The maximum Gasteiger partial charge on any atom is 0.317 e. The highest BCUT2D eigenvalue weighted by Gasteiger charge is 2.43. The molecule has 3 aliphatic carbocycles. The Bertz CT molecular complexity index is 449. The number of carboxylic acid groups (broad SMARTS) is 1. The van der Waals surface area contributed by atoms with E-state index in [9.17, 15) is 9.59 Å². The topological polar surface area (TPSA) is 69.6 Å². The summed E-state index contributed by atoms with van der Waals surface area (Å²) < 4.78 is 0. The SMILES string of the molecule is CCC1(C(=O)NC2CC(N(CC(=O)O)CC3CC3)C2)CCCC1. The van der Waals surface area contributed by atoms with Crippen LogP contribution in [0.3, 0.4) is 0 Å². The van der Waals surface area contributed by atoms with Crippen LogP contribution in [0, 0.1) is 11.3 Å². The van der Waals surface area contributed by atoms with Crippen LogP contribution in [0.2, 0.25) is 0 Å². The van der Waals surface area contributed by atoms with Crippen LogP contribution < -0.4 is 5.32 Å². The van der Waals surface area contributed by atoms with Gasteiger partial charge in [0.1, 0.15) is 0 Å². The minimum Gasteiger partial charge on any atom is -0.480 e. The lowest BCUT2D eigenvalue weighted by atomic mass is 9.80. The van der Waals surface area contributed by atoms with Gasteiger partial charge < -0.3 is 10.4 Å². The first-order chi connectivity index (χ1) is 11.0. The van der Waals surface area contributed by atoms with Crippen LogP contribution in [-0.2, 0) is 9.59 Å². The zero-order valence-electron chi connectivity index (χ0n) is 14.2. The van der Waals surface area contributed by atoms with Crippen molar-refractivity contribution < 1.29 is 14.7 Å². The van der Waals surface area contributed by atoms with E-state index in [-0.39, 0.29) is 23.9 Å². The van der Waals surface area contributed by atoms with Gasteiger partial charge in [-0.25, -0.2) is 0 Å². The first-order valence-electron chi connectivity index (χ1n) is 9.29. The Hall–Kier alpha value is -1.10. The van der Waals surface area contributed by atoms with E-state index in [2.05, 4.69) is 17.1 Å². The average molecular weight is 322 g/mol. The molecule has 23 heavy (non-hydrogen) atoms. The number of hydrogen-bond acceptors (Lipinski definition) is 3. The molecule has 5 nitrogen and oxygen atoms in total. The van der Waals surface area contributed by atoms with Crippen molar-refractivity contribution in [2.24, 2.45) is 11.3 Å². The van der Waals surface area contributed by atoms with E-state index in [1.165, 1.54) is 25.7 Å². The van der Waals surface area contributed by atoms with Crippen molar-refractivity contribution in [3.63, 3.8) is 0 Å². The number of aliphatic carboxylic acids is 1. The average Bonchev–Trinajstić information content (AvgIpc) is 3.14. The van der Waals surface area contributed by atoms with Gasteiger partial charge >= 0.3 is 5.97 Å². The Morgan fingerprint density at radius 2 is 1.87 bits per heavy atom. The predicted octanol–water partition coefficient (Wildman–Crippen LogP) is 2.40. The number of carboxylic acids is 1. The Morgan fingerprint density at radius 3 is 2.39 bits per heavy atom.